The van der Waals surface area contributed by atoms with Gasteiger partial charge in [0.05, 0.1) is 17.1 Å². The van der Waals surface area contributed by atoms with Crippen molar-refractivity contribution in [1.29, 1.82) is 0 Å². The number of anilines is 1. The minimum absolute atomic E-state index is 0.0653. The molecule has 0 N–H and O–H groups in total. The first kappa shape index (κ1) is 15.2. The van der Waals surface area contributed by atoms with E-state index in [0.717, 1.165) is 28.2 Å². The minimum Gasteiger partial charge on any atom is -0.271 e. The highest BCUT2D eigenvalue weighted by molar-refractivity contribution is 6.23. The summed E-state index contributed by atoms with van der Waals surface area (Å²) in [5.41, 5.74) is 4.64. The van der Waals surface area contributed by atoms with E-state index in [0.29, 0.717) is 0 Å². The molecule has 0 fully saturated rings. The fraction of sp³-hybridized carbons (Fsp3) is 0.211. The topological polar surface area (TPSA) is 45.0 Å². The van der Waals surface area contributed by atoms with E-state index < -0.39 is 5.92 Å². The van der Waals surface area contributed by atoms with Gasteiger partial charge in [-0.05, 0) is 56.2 Å². The third-order valence-corrected chi connectivity index (χ3v) is 3.80. The van der Waals surface area contributed by atoms with Crippen LogP contribution >= 0.6 is 0 Å². The van der Waals surface area contributed by atoms with E-state index >= 15 is 0 Å². The van der Waals surface area contributed by atoms with E-state index in [2.05, 4.69) is 10.1 Å². The Labute approximate surface area is 136 Å². The van der Waals surface area contributed by atoms with Crippen LogP contribution in [0.5, 0.6) is 0 Å². The number of aliphatic imine (C=N–C) groups is 1. The summed E-state index contributed by atoms with van der Waals surface area (Å²) < 4.78 is 0. The second kappa shape index (κ2) is 6.16. The molecule has 23 heavy (non-hydrogen) atoms. The largest absolute Gasteiger partial charge is 0.271 e. The number of hydrazone groups is 1. The van der Waals surface area contributed by atoms with Crippen molar-refractivity contribution in [3.63, 3.8) is 0 Å². The molecule has 1 atom stereocenters. The number of nitrogens with zero attached hydrogens (tertiary/aromatic N) is 3. The summed E-state index contributed by atoms with van der Waals surface area (Å²) in [6.07, 6.45) is 1.69. The van der Waals surface area contributed by atoms with E-state index in [-0.39, 0.29) is 5.91 Å². The van der Waals surface area contributed by atoms with Gasteiger partial charge in [-0.1, -0.05) is 24.3 Å². The van der Waals surface area contributed by atoms with Crippen LogP contribution < -0.4 is 5.01 Å². The molecule has 3 rings (SSSR count). The lowest BCUT2D eigenvalue weighted by atomic mass is 10.1. The summed E-state index contributed by atoms with van der Waals surface area (Å²) in [4.78, 5) is 17.1. The Bertz CT molecular complexity index is 808. The predicted octanol–water partition coefficient (Wildman–Crippen LogP) is 4.04. The molecule has 1 aliphatic heterocycles. The maximum atomic E-state index is 12.6. The van der Waals surface area contributed by atoms with Gasteiger partial charge in [0.2, 0.25) is 0 Å². The standard InChI is InChI=1S/C19H19N3O/c1-13-6-4-8-16(10-13)20-12-18-15(3)21-22(19(18)23)17-9-5-7-14(2)11-17/h4-12,18H,1-3H3. The van der Waals surface area contributed by atoms with Crippen LogP contribution in [0.15, 0.2) is 58.6 Å². The van der Waals surface area contributed by atoms with Crippen molar-refractivity contribution in [2.45, 2.75) is 20.8 Å². The van der Waals surface area contributed by atoms with Crippen LogP contribution in [0.3, 0.4) is 0 Å². The summed E-state index contributed by atoms with van der Waals surface area (Å²) in [5, 5.41) is 5.87. The fourth-order valence-corrected chi connectivity index (χ4v) is 2.56. The third kappa shape index (κ3) is 3.21. The zero-order valence-corrected chi connectivity index (χ0v) is 13.5. The Morgan fingerprint density at radius 2 is 1.74 bits per heavy atom. The molecule has 4 nitrogen and oxygen atoms in total. The summed E-state index contributed by atoms with van der Waals surface area (Å²) in [7, 11) is 0. The molecule has 1 unspecified atom stereocenters. The lowest BCUT2D eigenvalue weighted by Gasteiger charge is -2.13. The summed E-state index contributed by atoms with van der Waals surface area (Å²) in [6, 6.07) is 15.7. The molecular formula is C19H19N3O. The van der Waals surface area contributed by atoms with Gasteiger partial charge in [-0.2, -0.15) is 10.1 Å². The Morgan fingerprint density at radius 3 is 2.43 bits per heavy atom. The molecule has 0 saturated heterocycles. The van der Waals surface area contributed by atoms with E-state index in [9.17, 15) is 4.79 Å². The number of carbonyl (C=O) groups excluding carboxylic acids is 1. The first-order chi connectivity index (χ1) is 11.0. The molecular weight excluding hydrogens is 286 g/mol. The fourth-order valence-electron chi connectivity index (χ4n) is 2.56. The number of benzene rings is 2. The molecule has 2 aromatic rings. The number of hydrogen-bond acceptors (Lipinski definition) is 3. The van der Waals surface area contributed by atoms with Gasteiger partial charge in [-0.25, -0.2) is 0 Å². The molecule has 0 saturated carbocycles. The minimum atomic E-state index is -0.406. The van der Waals surface area contributed by atoms with Crippen molar-refractivity contribution in [3.8, 4) is 0 Å². The SMILES string of the molecule is CC1=NN(c2cccc(C)c2)C(=O)C1C=Nc1cccc(C)c1. The molecule has 1 amide bonds. The molecule has 4 heteroatoms. The molecule has 0 aliphatic carbocycles. The Balaban J connectivity index is 1.83. The van der Waals surface area contributed by atoms with E-state index in [1.165, 1.54) is 5.01 Å². The number of rotatable bonds is 3. The van der Waals surface area contributed by atoms with Gasteiger partial charge < -0.3 is 0 Å². The first-order valence-electron chi connectivity index (χ1n) is 7.61. The van der Waals surface area contributed by atoms with Crippen molar-refractivity contribution in [2.75, 3.05) is 5.01 Å². The summed E-state index contributed by atoms with van der Waals surface area (Å²) >= 11 is 0. The van der Waals surface area contributed by atoms with Gasteiger partial charge in [0.15, 0.2) is 0 Å². The van der Waals surface area contributed by atoms with Crippen molar-refractivity contribution in [3.05, 3.63) is 59.7 Å². The van der Waals surface area contributed by atoms with Crippen LogP contribution in [0.1, 0.15) is 18.1 Å². The van der Waals surface area contributed by atoms with Crippen LogP contribution in [-0.4, -0.2) is 17.8 Å². The quantitative estimate of drug-likeness (QED) is 0.789. The molecule has 116 valence electrons. The van der Waals surface area contributed by atoms with E-state index in [4.69, 9.17) is 0 Å². The van der Waals surface area contributed by atoms with Crippen LogP contribution in [0.4, 0.5) is 11.4 Å². The van der Waals surface area contributed by atoms with Gasteiger partial charge in [0.25, 0.3) is 5.91 Å². The smallest absolute Gasteiger partial charge is 0.261 e. The zero-order chi connectivity index (χ0) is 16.4. The van der Waals surface area contributed by atoms with Gasteiger partial charge in [0.1, 0.15) is 5.92 Å². The lowest BCUT2D eigenvalue weighted by molar-refractivity contribution is -0.118. The molecule has 2 aromatic carbocycles. The van der Waals surface area contributed by atoms with E-state index in [1.807, 2.05) is 69.3 Å². The molecule has 0 radical (unpaired) electrons. The first-order valence-corrected chi connectivity index (χ1v) is 7.61. The molecule has 0 spiro atoms. The Kier molecular flexibility index (Phi) is 4.06. The van der Waals surface area contributed by atoms with Gasteiger partial charge in [0, 0.05) is 6.21 Å². The number of hydrogen-bond donors (Lipinski definition) is 0. The summed E-state index contributed by atoms with van der Waals surface area (Å²) in [6.45, 7) is 5.88. The molecule has 1 heterocycles. The molecule has 0 aromatic heterocycles. The third-order valence-electron chi connectivity index (χ3n) is 3.80. The lowest BCUT2D eigenvalue weighted by Crippen LogP contribution is -2.27. The monoisotopic (exact) mass is 305 g/mol. The van der Waals surface area contributed by atoms with Crippen LogP contribution in [-0.2, 0) is 4.79 Å². The number of aryl methyl sites for hydroxylation is 2. The Hall–Kier alpha value is -2.75. The normalized spacial score (nSPS) is 17.9. The van der Waals surface area contributed by atoms with Crippen LogP contribution in [0.25, 0.3) is 0 Å². The number of amides is 1. The van der Waals surface area contributed by atoms with Crippen molar-refractivity contribution in [1.82, 2.24) is 0 Å². The summed E-state index contributed by atoms with van der Waals surface area (Å²) in [5.74, 6) is -0.472. The molecule has 0 bridgehead atoms. The van der Waals surface area contributed by atoms with E-state index in [1.54, 1.807) is 6.21 Å². The van der Waals surface area contributed by atoms with Gasteiger partial charge >= 0.3 is 0 Å². The highest BCUT2D eigenvalue weighted by Crippen LogP contribution is 2.24. The maximum absolute atomic E-state index is 12.6. The van der Waals surface area contributed by atoms with Crippen LogP contribution in [0.2, 0.25) is 0 Å². The van der Waals surface area contributed by atoms with Crippen molar-refractivity contribution >= 4 is 29.2 Å². The van der Waals surface area contributed by atoms with Crippen molar-refractivity contribution in [2.24, 2.45) is 16.0 Å². The van der Waals surface area contributed by atoms with Gasteiger partial charge in [-0.3, -0.25) is 9.79 Å². The van der Waals surface area contributed by atoms with Crippen LogP contribution in [0, 0.1) is 19.8 Å². The highest BCUT2D eigenvalue weighted by Gasteiger charge is 2.33. The average molecular weight is 305 g/mol. The molecule has 1 aliphatic rings. The maximum Gasteiger partial charge on any atom is 0.261 e. The zero-order valence-electron chi connectivity index (χ0n) is 13.5. The second-order valence-corrected chi connectivity index (χ2v) is 5.83. The van der Waals surface area contributed by atoms with Gasteiger partial charge in [-0.15, -0.1) is 0 Å². The number of carbonyl (C=O) groups is 1. The predicted molar refractivity (Wildman–Crippen MR) is 94.6 cm³/mol. The van der Waals surface area contributed by atoms with Crippen molar-refractivity contribution < 1.29 is 4.79 Å². The average Bonchev–Trinajstić information content (AvgIpc) is 2.80. The second-order valence-electron chi connectivity index (χ2n) is 5.83. The Morgan fingerprint density at radius 1 is 1.04 bits per heavy atom. The highest BCUT2D eigenvalue weighted by atomic mass is 16.2.